The van der Waals surface area contributed by atoms with Gasteiger partial charge in [0.05, 0.1) is 0 Å². The van der Waals surface area contributed by atoms with Crippen molar-refractivity contribution in [3.05, 3.63) is 0 Å². The van der Waals surface area contributed by atoms with Crippen LogP contribution in [0.15, 0.2) is 0 Å². The van der Waals surface area contributed by atoms with Crippen LogP contribution in [-0.2, 0) is 23.5 Å². The van der Waals surface area contributed by atoms with E-state index in [-0.39, 0.29) is 12.3 Å². The van der Waals surface area contributed by atoms with Crippen LogP contribution in [0, 0.1) is 0 Å². The molecule has 8 heteroatoms. The van der Waals surface area contributed by atoms with Crippen molar-refractivity contribution in [2.45, 2.75) is 77.6 Å². The van der Waals surface area contributed by atoms with Crippen molar-refractivity contribution in [3.8, 4) is 0 Å². The van der Waals surface area contributed by atoms with Gasteiger partial charge in [0.15, 0.2) is 0 Å². The van der Waals surface area contributed by atoms with Gasteiger partial charge in [-0.15, -0.1) is 0 Å². The summed E-state index contributed by atoms with van der Waals surface area (Å²) in [7, 11) is 0. The fourth-order valence-corrected chi connectivity index (χ4v) is 1.78. The van der Waals surface area contributed by atoms with Crippen LogP contribution in [-0.4, -0.2) is 11.7 Å². The number of hydrogen-bond acceptors (Lipinski definition) is 5. The summed E-state index contributed by atoms with van der Waals surface area (Å²) in [6.07, 6.45) is 14.8. The van der Waals surface area contributed by atoms with Gasteiger partial charge >= 0.3 is 31.1 Å². The Morgan fingerprint density at radius 2 is 0.952 bits per heavy atom. The van der Waals surface area contributed by atoms with Crippen LogP contribution in [0.4, 0.5) is 0 Å². The van der Waals surface area contributed by atoms with E-state index in [2.05, 4.69) is 6.92 Å². The molecule has 0 aliphatic carbocycles. The molecule has 0 unspecified atom stereocenters. The van der Waals surface area contributed by atoms with Crippen LogP contribution in [0.3, 0.4) is 0 Å². The number of aliphatic hydroxyl groups excluding tert-OH is 1. The van der Waals surface area contributed by atoms with Crippen LogP contribution in [0.1, 0.15) is 77.6 Å². The Kier molecular flexibility index (Phi) is 31.0. The minimum absolute atomic E-state index is 0. The first kappa shape index (κ1) is 29.1. The average Bonchev–Trinajstić information content (AvgIpc) is 2.29. The molecule has 0 spiro atoms. The zero-order valence-electron chi connectivity index (χ0n) is 14.0. The first-order valence-corrected chi connectivity index (χ1v) is 10.5. The van der Waals surface area contributed by atoms with Crippen molar-refractivity contribution in [2.24, 2.45) is 0 Å². The van der Waals surface area contributed by atoms with E-state index >= 15 is 0 Å². The van der Waals surface area contributed by atoms with Gasteiger partial charge in [-0.05, 0) is 6.42 Å². The molecule has 0 saturated carbocycles. The molecule has 0 aromatic heterocycles. The Hall–Kier alpha value is 0.0883. The van der Waals surface area contributed by atoms with E-state index in [0.717, 1.165) is 6.42 Å². The van der Waals surface area contributed by atoms with Crippen LogP contribution in [0.25, 0.3) is 0 Å². The Balaban J connectivity index is -0.000000179. The number of quaternary nitrogens is 2. The third-order valence-electron chi connectivity index (χ3n) is 2.76. The molecule has 0 amide bonds. The molecular formula is C13H36MoN2O5. The predicted octanol–water partition coefficient (Wildman–Crippen LogP) is 2.42. The molecule has 0 aliphatic rings. The number of rotatable bonds is 11. The van der Waals surface area contributed by atoms with Gasteiger partial charge in [-0.2, -0.15) is 0 Å². The minimum atomic E-state index is -6.02. The van der Waals surface area contributed by atoms with Crippen molar-refractivity contribution in [2.75, 3.05) is 6.61 Å². The molecule has 0 saturated heterocycles. The maximum absolute atomic E-state index is 8.63. The quantitative estimate of drug-likeness (QED) is 0.358. The fourth-order valence-electron chi connectivity index (χ4n) is 1.78. The SMILES string of the molecule is CCCCCCCCCCCCCO.[NH4+].[NH4+].[O]=[Mo](=[O])([O-])[O-]. The molecule has 0 aromatic rings. The Bertz CT molecular complexity index is 241. The molecule has 7 nitrogen and oxygen atoms in total. The summed E-state index contributed by atoms with van der Waals surface area (Å²) in [6, 6.07) is 0. The second-order valence-corrected chi connectivity index (χ2v) is 6.67. The molecule has 134 valence electrons. The molecule has 0 aromatic carbocycles. The molecule has 0 fully saturated rings. The summed E-state index contributed by atoms with van der Waals surface area (Å²) < 4.78 is 34.5. The Morgan fingerprint density at radius 3 is 1.19 bits per heavy atom. The predicted molar refractivity (Wildman–Crippen MR) is 76.9 cm³/mol. The monoisotopic (exact) mass is 398 g/mol. The van der Waals surface area contributed by atoms with E-state index in [1.807, 2.05) is 0 Å². The topological polar surface area (TPSA) is 173 Å². The van der Waals surface area contributed by atoms with Gasteiger partial charge in [0.25, 0.3) is 0 Å². The average molecular weight is 396 g/mol. The summed E-state index contributed by atoms with van der Waals surface area (Å²) >= 11 is -6.02. The normalized spacial score (nSPS) is 9.90. The Morgan fingerprint density at radius 1 is 0.714 bits per heavy atom. The van der Waals surface area contributed by atoms with Crippen molar-refractivity contribution in [3.63, 3.8) is 0 Å². The molecule has 9 N–H and O–H groups in total. The van der Waals surface area contributed by atoms with Crippen LogP contribution < -0.4 is 19.8 Å². The molecule has 21 heavy (non-hydrogen) atoms. The second-order valence-electron chi connectivity index (χ2n) is 4.67. The summed E-state index contributed by atoms with van der Waals surface area (Å²) in [5.74, 6) is 0. The molecule has 0 bridgehead atoms. The fraction of sp³-hybridized carbons (Fsp3) is 1.00. The maximum atomic E-state index is 8.63. The summed E-state index contributed by atoms with van der Waals surface area (Å²) in [5.41, 5.74) is 0. The molecule has 0 heterocycles. The van der Waals surface area contributed by atoms with E-state index in [1.54, 1.807) is 0 Å². The van der Waals surface area contributed by atoms with Gasteiger partial charge < -0.3 is 17.4 Å². The molecule has 0 rings (SSSR count). The Labute approximate surface area is 133 Å². The second kappa shape index (κ2) is 22.4. The molecular weight excluding hydrogens is 360 g/mol. The third-order valence-corrected chi connectivity index (χ3v) is 2.76. The van der Waals surface area contributed by atoms with E-state index < -0.39 is 16.7 Å². The summed E-state index contributed by atoms with van der Waals surface area (Å²) in [4.78, 5) is 0. The number of hydrogen-bond donors (Lipinski definition) is 3. The first-order valence-electron chi connectivity index (χ1n) is 7.19. The molecule has 0 aliphatic heterocycles. The van der Waals surface area contributed by atoms with Crippen molar-refractivity contribution in [1.82, 2.24) is 12.3 Å². The van der Waals surface area contributed by atoms with Gasteiger partial charge in [-0.25, -0.2) is 0 Å². The van der Waals surface area contributed by atoms with E-state index in [9.17, 15) is 0 Å². The van der Waals surface area contributed by atoms with E-state index in [0.29, 0.717) is 6.61 Å². The third kappa shape index (κ3) is 53.5. The van der Waals surface area contributed by atoms with Gasteiger partial charge in [0.2, 0.25) is 0 Å². The first-order chi connectivity index (χ1) is 8.91. The van der Waals surface area contributed by atoms with Crippen molar-refractivity contribution in [1.29, 1.82) is 0 Å². The van der Waals surface area contributed by atoms with Gasteiger partial charge in [-0.3, -0.25) is 0 Å². The zero-order valence-corrected chi connectivity index (χ0v) is 16.0. The van der Waals surface area contributed by atoms with Crippen LogP contribution in [0.2, 0.25) is 0 Å². The molecule has 0 radical (unpaired) electrons. The zero-order chi connectivity index (χ0) is 15.0. The van der Waals surface area contributed by atoms with Crippen LogP contribution in [0.5, 0.6) is 0 Å². The van der Waals surface area contributed by atoms with E-state index in [1.165, 1.54) is 64.2 Å². The standard InChI is InChI=1S/C13H28O.Mo.2H3N.4O/c1-2-3-4-5-6-7-8-9-10-11-12-13-14;;;;;;;/h14H,2-13H2,1H3;;2*1H3;;;;/q;;;;;;2*-1/p+2. The summed E-state index contributed by atoms with van der Waals surface area (Å²) in [5, 5.41) is 8.59. The number of aliphatic hydroxyl groups is 1. The van der Waals surface area contributed by atoms with Gasteiger partial charge in [-0.1, -0.05) is 71.1 Å². The van der Waals surface area contributed by atoms with E-state index in [4.69, 9.17) is 19.4 Å². The van der Waals surface area contributed by atoms with Crippen LogP contribution >= 0.6 is 0 Å². The summed E-state index contributed by atoms with van der Waals surface area (Å²) in [6.45, 7) is 2.64. The van der Waals surface area contributed by atoms with Crippen molar-refractivity contribution >= 4 is 0 Å². The number of unbranched alkanes of at least 4 members (excludes halogenated alkanes) is 10. The van der Waals surface area contributed by atoms with Gasteiger partial charge in [0, 0.05) is 6.61 Å². The van der Waals surface area contributed by atoms with Gasteiger partial charge in [0.1, 0.15) is 0 Å². The molecule has 0 atom stereocenters. The van der Waals surface area contributed by atoms with Crippen molar-refractivity contribution < 1.29 is 36.2 Å².